The van der Waals surface area contributed by atoms with Crippen molar-refractivity contribution in [3.63, 3.8) is 0 Å². The van der Waals surface area contributed by atoms with Gasteiger partial charge in [0, 0.05) is 6.54 Å². The standard InChI is InChI=1S/C5H11NO2.ClH/c1-3-4-6-5(7)8-2;/h3-4H2,1-2H3,(H,6,7);1H. The molecule has 0 fully saturated rings. The Morgan fingerprint density at radius 3 is 2.56 bits per heavy atom. The number of amides is 1. The monoisotopic (exact) mass is 153 g/mol. The van der Waals surface area contributed by atoms with Crippen molar-refractivity contribution < 1.29 is 9.53 Å². The van der Waals surface area contributed by atoms with Crippen molar-refractivity contribution in [2.75, 3.05) is 13.7 Å². The molecule has 3 nitrogen and oxygen atoms in total. The maximum Gasteiger partial charge on any atom is 0.406 e. The minimum Gasteiger partial charge on any atom is -0.453 e. The summed E-state index contributed by atoms with van der Waals surface area (Å²) in [6.45, 7) is 2.67. The number of carbonyl (C=O) groups is 1. The van der Waals surface area contributed by atoms with Gasteiger partial charge in [-0.15, -0.1) is 12.4 Å². The summed E-state index contributed by atoms with van der Waals surface area (Å²) in [6, 6.07) is 0. The van der Waals surface area contributed by atoms with Crippen molar-refractivity contribution in [2.45, 2.75) is 13.3 Å². The molecule has 0 aliphatic rings. The highest BCUT2D eigenvalue weighted by Crippen LogP contribution is 1.72. The Labute approximate surface area is 61.2 Å². The van der Waals surface area contributed by atoms with Gasteiger partial charge in [-0.3, -0.25) is 0 Å². The number of methoxy groups -OCH3 is 1. The fourth-order valence-electron chi connectivity index (χ4n) is 0.299. The molecule has 0 aromatic rings. The van der Waals surface area contributed by atoms with Crippen LogP contribution in [0.4, 0.5) is 4.79 Å². The highest BCUT2D eigenvalue weighted by molar-refractivity contribution is 5.85. The van der Waals surface area contributed by atoms with E-state index >= 15 is 0 Å². The molecule has 4 heteroatoms. The van der Waals surface area contributed by atoms with Gasteiger partial charge >= 0.3 is 6.09 Å². The Morgan fingerprint density at radius 2 is 2.22 bits per heavy atom. The lowest BCUT2D eigenvalue weighted by molar-refractivity contribution is 0.171. The molecule has 0 aromatic heterocycles. The summed E-state index contributed by atoms with van der Waals surface area (Å²) < 4.78 is 4.30. The first kappa shape index (κ1) is 11.4. The number of hydrogen-bond donors (Lipinski definition) is 1. The lowest BCUT2D eigenvalue weighted by Crippen LogP contribution is -2.23. The van der Waals surface area contributed by atoms with Crippen molar-refractivity contribution in [1.82, 2.24) is 5.32 Å². The van der Waals surface area contributed by atoms with Gasteiger partial charge in [-0.05, 0) is 6.42 Å². The zero-order valence-corrected chi connectivity index (χ0v) is 6.46. The van der Waals surface area contributed by atoms with Crippen molar-refractivity contribution in [3.8, 4) is 0 Å². The SMILES string of the molecule is CCCNC(=O)OC.Cl. The van der Waals surface area contributed by atoms with Crippen molar-refractivity contribution in [2.24, 2.45) is 0 Å². The molecule has 0 saturated heterocycles. The molecule has 0 radical (unpaired) electrons. The van der Waals surface area contributed by atoms with Crippen LogP contribution in [-0.4, -0.2) is 19.7 Å². The summed E-state index contributed by atoms with van der Waals surface area (Å²) in [6.07, 6.45) is 0.585. The van der Waals surface area contributed by atoms with Crippen molar-refractivity contribution in [3.05, 3.63) is 0 Å². The summed E-state index contributed by atoms with van der Waals surface area (Å²) in [7, 11) is 1.35. The highest BCUT2D eigenvalue weighted by atomic mass is 35.5. The molecule has 0 aromatic carbocycles. The summed E-state index contributed by atoms with van der Waals surface area (Å²) in [5.74, 6) is 0. The summed E-state index contributed by atoms with van der Waals surface area (Å²) >= 11 is 0. The van der Waals surface area contributed by atoms with E-state index in [2.05, 4.69) is 10.1 Å². The summed E-state index contributed by atoms with van der Waals surface area (Å²) in [4.78, 5) is 10.2. The molecular weight excluding hydrogens is 142 g/mol. The summed E-state index contributed by atoms with van der Waals surface area (Å²) in [5.41, 5.74) is 0. The Balaban J connectivity index is 0. The van der Waals surface area contributed by atoms with Gasteiger partial charge in [-0.25, -0.2) is 4.79 Å². The van der Waals surface area contributed by atoms with E-state index in [0.29, 0.717) is 6.54 Å². The number of hydrogen-bond acceptors (Lipinski definition) is 2. The number of rotatable bonds is 2. The topological polar surface area (TPSA) is 38.3 Å². The fraction of sp³-hybridized carbons (Fsp3) is 0.800. The van der Waals surface area contributed by atoms with Crippen LogP contribution in [0.15, 0.2) is 0 Å². The van der Waals surface area contributed by atoms with Crippen LogP contribution in [0.1, 0.15) is 13.3 Å². The van der Waals surface area contributed by atoms with E-state index in [1.807, 2.05) is 6.92 Å². The lowest BCUT2D eigenvalue weighted by atomic mass is 10.5. The third kappa shape index (κ3) is 7.56. The average Bonchev–Trinajstić information content (AvgIpc) is 1.83. The van der Waals surface area contributed by atoms with E-state index in [1.165, 1.54) is 7.11 Å². The van der Waals surface area contributed by atoms with Crippen molar-refractivity contribution >= 4 is 18.5 Å². The first-order valence-corrected chi connectivity index (χ1v) is 2.63. The molecule has 0 saturated carbocycles. The third-order valence-corrected chi connectivity index (χ3v) is 0.705. The Morgan fingerprint density at radius 1 is 1.67 bits per heavy atom. The molecule has 0 aliphatic carbocycles. The van der Waals surface area contributed by atoms with E-state index in [4.69, 9.17) is 0 Å². The normalized spacial score (nSPS) is 7.33. The Kier molecular flexibility index (Phi) is 9.55. The van der Waals surface area contributed by atoms with Gasteiger partial charge < -0.3 is 10.1 Å². The lowest BCUT2D eigenvalue weighted by Gasteiger charge is -1.98. The van der Waals surface area contributed by atoms with E-state index in [-0.39, 0.29) is 18.5 Å². The molecule has 1 amide bonds. The second-order valence-corrected chi connectivity index (χ2v) is 1.42. The quantitative estimate of drug-likeness (QED) is 0.647. The molecule has 0 atom stereocenters. The van der Waals surface area contributed by atoms with Crippen LogP contribution in [0.5, 0.6) is 0 Å². The zero-order valence-electron chi connectivity index (χ0n) is 5.64. The Hall–Kier alpha value is -0.440. The van der Waals surface area contributed by atoms with Crippen LogP contribution in [0, 0.1) is 0 Å². The van der Waals surface area contributed by atoms with Gasteiger partial charge in [0.1, 0.15) is 0 Å². The van der Waals surface area contributed by atoms with Crippen molar-refractivity contribution in [1.29, 1.82) is 0 Å². The van der Waals surface area contributed by atoms with Crippen LogP contribution in [-0.2, 0) is 4.74 Å². The van der Waals surface area contributed by atoms with Crippen LogP contribution in [0.25, 0.3) is 0 Å². The third-order valence-electron chi connectivity index (χ3n) is 0.705. The van der Waals surface area contributed by atoms with E-state index in [1.54, 1.807) is 0 Å². The molecule has 0 bridgehead atoms. The number of nitrogens with one attached hydrogen (secondary N) is 1. The van der Waals surface area contributed by atoms with Crippen LogP contribution in [0.3, 0.4) is 0 Å². The molecule has 0 aliphatic heterocycles. The largest absolute Gasteiger partial charge is 0.453 e. The van der Waals surface area contributed by atoms with Gasteiger partial charge in [-0.1, -0.05) is 6.92 Å². The van der Waals surface area contributed by atoms with Crippen LogP contribution in [0.2, 0.25) is 0 Å². The fourth-order valence-corrected chi connectivity index (χ4v) is 0.299. The highest BCUT2D eigenvalue weighted by Gasteiger charge is 1.91. The molecule has 0 unspecified atom stereocenters. The van der Waals surface area contributed by atoms with E-state index in [9.17, 15) is 4.79 Å². The van der Waals surface area contributed by atoms with Crippen LogP contribution < -0.4 is 5.32 Å². The second kappa shape index (κ2) is 7.56. The predicted octanol–water partition coefficient (Wildman–Crippen LogP) is 1.17. The smallest absolute Gasteiger partial charge is 0.406 e. The van der Waals surface area contributed by atoms with Gasteiger partial charge in [-0.2, -0.15) is 0 Å². The minimum absolute atomic E-state index is 0. The maximum absolute atomic E-state index is 10.2. The van der Waals surface area contributed by atoms with Gasteiger partial charge in [0.15, 0.2) is 0 Å². The van der Waals surface area contributed by atoms with E-state index < -0.39 is 0 Å². The minimum atomic E-state index is -0.355. The van der Waals surface area contributed by atoms with Gasteiger partial charge in [0.05, 0.1) is 7.11 Å². The molecule has 0 rings (SSSR count). The number of ether oxygens (including phenoxy) is 1. The summed E-state index contributed by atoms with van der Waals surface area (Å²) in [5, 5.41) is 2.52. The molecular formula is C5H12ClNO2. The first-order valence-electron chi connectivity index (χ1n) is 2.63. The maximum atomic E-state index is 10.2. The number of carbonyl (C=O) groups excluding carboxylic acids is 1. The number of alkyl carbamates (subject to hydrolysis) is 1. The second-order valence-electron chi connectivity index (χ2n) is 1.42. The first-order chi connectivity index (χ1) is 3.81. The molecule has 9 heavy (non-hydrogen) atoms. The molecule has 1 N–H and O–H groups in total. The van der Waals surface area contributed by atoms with Gasteiger partial charge in [0.2, 0.25) is 0 Å². The average molecular weight is 154 g/mol. The van der Waals surface area contributed by atoms with Crippen LogP contribution >= 0.6 is 12.4 Å². The molecule has 56 valence electrons. The molecule has 0 spiro atoms. The van der Waals surface area contributed by atoms with E-state index in [0.717, 1.165) is 6.42 Å². The molecule has 0 heterocycles. The predicted molar refractivity (Wildman–Crippen MR) is 37.9 cm³/mol. The van der Waals surface area contributed by atoms with Gasteiger partial charge in [0.25, 0.3) is 0 Å². The number of halogens is 1. The Bertz CT molecular complexity index is 77.4. The zero-order chi connectivity index (χ0) is 6.41.